The Morgan fingerprint density at radius 3 is 2.69 bits per heavy atom. The lowest BCUT2D eigenvalue weighted by atomic mass is 9.87. The highest BCUT2D eigenvalue weighted by molar-refractivity contribution is 7.14. The minimum Gasteiger partial charge on any atom is -0.367 e. The number of thiophene rings is 1. The molecule has 0 saturated heterocycles. The van der Waals surface area contributed by atoms with E-state index in [0.29, 0.717) is 0 Å². The molecule has 16 heavy (non-hydrogen) atoms. The minimum atomic E-state index is 0. The van der Waals surface area contributed by atoms with E-state index in [-0.39, 0.29) is 12.4 Å². The summed E-state index contributed by atoms with van der Waals surface area (Å²) in [6, 6.07) is 4.35. The van der Waals surface area contributed by atoms with Crippen molar-refractivity contribution in [3.8, 4) is 0 Å². The van der Waals surface area contributed by atoms with Gasteiger partial charge in [-0.05, 0) is 29.9 Å². The molecule has 1 nitrogen and oxygen atoms in total. The number of nitrogens with zero attached hydrogens (tertiary/aromatic N) is 1. The summed E-state index contributed by atoms with van der Waals surface area (Å²) in [6.45, 7) is 1.23. The number of halogens is 1. The molecule has 1 fully saturated rings. The van der Waals surface area contributed by atoms with Crippen LogP contribution in [0.3, 0.4) is 0 Å². The van der Waals surface area contributed by atoms with Gasteiger partial charge in [0.25, 0.3) is 0 Å². The maximum absolute atomic E-state index is 2.40. The lowest BCUT2D eigenvalue weighted by molar-refractivity contribution is 0.341. The first-order valence-corrected chi connectivity index (χ1v) is 6.99. The molecule has 0 amide bonds. The first kappa shape index (κ1) is 13.9. The standard InChI is InChI=1S/C13H21NS.ClH/c1-14(13-8-5-11-15-13)10-9-12-6-3-2-4-7-12;/h5,8,11-12H,2-4,6-7,9-10H2,1H3;1H. The summed E-state index contributed by atoms with van der Waals surface area (Å²) in [5.74, 6) is 1.00. The van der Waals surface area contributed by atoms with Crippen LogP contribution in [0.5, 0.6) is 0 Å². The van der Waals surface area contributed by atoms with Crippen LogP contribution >= 0.6 is 23.7 Å². The molecule has 1 aliphatic carbocycles. The molecular weight excluding hydrogens is 238 g/mol. The molecule has 3 heteroatoms. The highest BCUT2D eigenvalue weighted by atomic mass is 35.5. The highest BCUT2D eigenvalue weighted by Crippen LogP contribution is 2.27. The minimum absolute atomic E-state index is 0. The predicted molar refractivity (Wildman–Crippen MR) is 76.0 cm³/mol. The number of rotatable bonds is 4. The zero-order valence-corrected chi connectivity index (χ0v) is 11.7. The molecule has 0 spiro atoms. The number of anilines is 1. The summed E-state index contributed by atoms with van der Waals surface area (Å²) in [7, 11) is 2.22. The molecule has 1 aliphatic rings. The van der Waals surface area contributed by atoms with Gasteiger partial charge in [-0.25, -0.2) is 0 Å². The van der Waals surface area contributed by atoms with Gasteiger partial charge in [0.1, 0.15) is 0 Å². The van der Waals surface area contributed by atoms with Crippen molar-refractivity contribution in [3.63, 3.8) is 0 Å². The molecule has 0 atom stereocenters. The van der Waals surface area contributed by atoms with Gasteiger partial charge in [-0.1, -0.05) is 32.1 Å². The van der Waals surface area contributed by atoms with Crippen LogP contribution in [-0.2, 0) is 0 Å². The van der Waals surface area contributed by atoms with Crippen LogP contribution in [0, 0.1) is 5.92 Å². The van der Waals surface area contributed by atoms with Crippen LogP contribution < -0.4 is 4.90 Å². The lowest BCUT2D eigenvalue weighted by Crippen LogP contribution is -2.21. The van der Waals surface area contributed by atoms with Crippen molar-refractivity contribution in [3.05, 3.63) is 17.5 Å². The fourth-order valence-electron chi connectivity index (χ4n) is 2.45. The van der Waals surface area contributed by atoms with Gasteiger partial charge >= 0.3 is 0 Å². The van der Waals surface area contributed by atoms with Crippen molar-refractivity contribution in [2.75, 3.05) is 18.5 Å². The Labute approximate surface area is 109 Å². The lowest BCUT2D eigenvalue weighted by Gasteiger charge is -2.24. The topological polar surface area (TPSA) is 3.24 Å². The van der Waals surface area contributed by atoms with Crippen molar-refractivity contribution in [2.24, 2.45) is 5.92 Å². The third kappa shape index (κ3) is 3.99. The zero-order chi connectivity index (χ0) is 10.5. The van der Waals surface area contributed by atoms with Crippen molar-refractivity contribution in [1.29, 1.82) is 0 Å². The Kier molecular flexibility index (Phi) is 6.22. The van der Waals surface area contributed by atoms with Crippen LogP contribution in [0.15, 0.2) is 17.5 Å². The summed E-state index contributed by atoms with van der Waals surface area (Å²) in [4.78, 5) is 2.40. The largest absolute Gasteiger partial charge is 0.367 e. The van der Waals surface area contributed by atoms with E-state index in [1.807, 2.05) is 11.3 Å². The van der Waals surface area contributed by atoms with E-state index in [1.54, 1.807) is 0 Å². The second kappa shape index (κ2) is 7.18. The predicted octanol–water partition coefficient (Wildman–Crippen LogP) is 4.58. The van der Waals surface area contributed by atoms with E-state index in [1.165, 1.54) is 50.1 Å². The van der Waals surface area contributed by atoms with Gasteiger partial charge in [0.15, 0.2) is 0 Å². The number of hydrogen-bond acceptors (Lipinski definition) is 2. The molecule has 0 N–H and O–H groups in total. The van der Waals surface area contributed by atoms with Crippen LogP contribution in [0.2, 0.25) is 0 Å². The summed E-state index contributed by atoms with van der Waals surface area (Å²) in [5, 5.41) is 3.57. The molecular formula is C13H22ClNS. The summed E-state index contributed by atoms with van der Waals surface area (Å²) >= 11 is 1.84. The van der Waals surface area contributed by atoms with Crippen LogP contribution in [-0.4, -0.2) is 13.6 Å². The molecule has 1 aromatic heterocycles. The third-order valence-electron chi connectivity index (χ3n) is 3.48. The molecule has 1 heterocycles. The quantitative estimate of drug-likeness (QED) is 0.765. The zero-order valence-electron chi connectivity index (χ0n) is 10.0. The fraction of sp³-hybridized carbons (Fsp3) is 0.692. The summed E-state index contributed by atoms with van der Waals surface area (Å²) in [6.07, 6.45) is 8.73. The molecule has 1 saturated carbocycles. The Balaban J connectivity index is 0.00000128. The van der Waals surface area contributed by atoms with E-state index < -0.39 is 0 Å². The molecule has 0 bridgehead atoms. The molecule has 92 valence electrons. The van der Waals surface area contributed by atoms with Gasteiger partial charge in [-0.15, -0.1) is 23.7 Å². The van der Waals surface area contributed by atoms with E-state index in [0.717, 1.165) is 5.92 Å². The second-order valence-corrected chi connectivity index (χ2v) is 5.59. The molecule has 1 aromatic rings. The van der Waals surface area contributed by atoms with Gasteiger partial charge in [0, 0.05) is 13.6 Å². The normalized spacial score (nSPS) is 16.8. The first-order valence-electron chi connectivity index (χ1n) is 6.11. The van der Waals surface area contributed by atoms with E-state index >= 15 is 0 Å². The van der Waals surface area contributed by atoms with Crippen LogP contribution in [0.25, 0.3) is 0 Å². The van der Waals surface area contributed by atoms with Crippen LogP contribution in [0.4, 0.5) is 5.00 Å². The van der Waals surface area contributed by atoms with Crippen LogP contribution in [0.1, 0.15) is 38.5 Å². The Morgan fingerprint density at radius 1 is 1.31 bits per heavy atom. The first-order chi connectivity index (χ1) is 7.36. The summed E-state index contributed by atoms with van der Waals surface area (Å²) in [5.41, 5.74) is 0. The number of hydrogen-bond donors (Lipinski definition) is 0. The Morgan fingerprint density at radius 2 is 2.06 bits per heavy atom. The average molecular weight is 260 g/mol. The van der Waals surface area contributed by atoms with E-state index in [4.69, 9.17) is 0 Å². The Hall–Kier alpha value is -0.210. The van der Waals surface area contributed by atoms with Crippen molar-refractivity contribution in [1.82, 2.24) is 0 Å². The second-order valence-electron chi connectivity index (χ2n) is 4.67. The molecule has 0 aromatic carbocycles. The molecule has 2 rings (SSSR count). The van der Waals surface area contributed by atoms with Gasteiger partial charge in [0.2, 0.25) is 0 Å². The molecule has 0 aliphatic heterocycles. The van der Waals surface area contributed by atoms with Gasteiger partial charge < -0.3 is 4.90 Å². The Bertz CT molecular complexity index is 267. The maximum atomic E-state index is 2.40. The monoisotopic (exact) mass is 259 g/mol. The van der Waals surface area contributed by atoms with Gasteiger partial charge in [-0.2, -0.15) is 0 Å². The SMILES string of the molecule is CN(CCC1CCCCC1)c1cccs1.Cl. The average Bonchev–Trinajstić information content (AvgIpc) is 2.81. The van der Waals surface area contributed by atoms with E-state index in [2.05, 4.69) is 29.5 Å². The smallest absolute Gasteiger partial charge is 0.0905 e. The fourth-order valence-corrected chi connectivity index (χ4v) is 3.17. The maximum Gasteiger partial charge on any atom is 0.0905 e. The van der Waals surface area contributed by atoms with Gasteiger partial charge in [-0.3, -0.25) is 0 Å². The third-order valence-corrected chi connectivity index (χ3v) is 4.46. The van der Waals surface area contributed by atoms with Crippen molar-refractivity contribution < 1.29 is 0 Å². The highest BCUT2D eigenvalue weighted by Gasteiger charge is 2.14. The van der Waals surface area contributed by atoms with Gasteiger partial charge in [0.05, 0.1) is 5.00 Å². The summed E-state index contributed by atoms with van der Waals surface area (Å²) < 4.78 is 0. The molecule has 0 unspecified atom stereocenters. The van der Waals surface area contributed by atoms with Crippen molar-refractivity contribution in [2.45, 2.75) is 38.5 Å². The molecule has 0 radical (unpaired) electrons. The van der Waals surface area contributed by atoms with E-state index in [9.17, 15) is 0 Å². The van der Waals surface area contributed by atoms with Crippen molar-refractivity contribution >= 4 is 28.7 Å².